The van der Waals surface area contributed by atoms with Crippen LogP contribution in [0.3, 0.4) is 0 Å². The Kier molecular flexibility index (Phi) is 156. The number of esters is 6. The zero-order chi connectivity index (χ0) is 103. The molecule has 0 aliphatic carbocycles. The van der Waals surface area contributed by atoms with Crippen molar-refractivity contribution < 1.29 is 76.4 Å². The molecule has 1 N–H and O–H groups in total. The summed E-state index contributed by atoms with van der Waals surface area (Å²) in [5.41, 5.74) is -2.67. The van der Waals surface area contributed by atoms with Gasteiger partial charge in [-0.3, -0.25) is 47.9 Å². The molecule has 5 unspecified atom stereocenters. The van der Waals surface area contributed by atoms with E-state index in [1.54, 1.807) is 26.0 Å². The van der Waals surface area contributed by atoms with Crippen LogP contribution in [0.5, 0.6) is 0 Å². The van der Waals surface area contributed by atoms with E-state index in [2.05, 4.69) is 128 Å². The van der Waals surface area contributed by atoms with Crippen LogP contribution in [-0.2, 0) is 76.4 Å². The highest BCUT2D eigenvalue weighted by atomic mass is 32.2. The van der Waals surface area contributed by atoms with Crippen molar-refractivity contribution in [1.29, 1.82) is 0 Å². The number of carbonyl (C=O) groups excluding carboxylic acids is 10. The van der Waals surface area contributed by atoms with E-state index < -0.39 is 0 Å². The number of thioether (sulfide) groups is 1. The molecule has 0 aromatic rings. The second-order valence-electron chi connectivity index (χ2n) is 47.2. The summed E-state index contributed by atoms with van der Waals surface area (Å²) in [7, 11) is 8.55. The van der Waals surface area contributed by atoms with E-state index in [0.29, 0.717) is 5.12 Å². The normalized spacial score (nSPS) is 11.6. The van der Waals surface area contributed by atoms with Crippen LogP contribution in [0.2, 0.25) is 0 Å². The van der Waals surface area contributed by atoms with Gasteiger partial charge in [-0.25, -0.2) is 0 Å². The Bertz CT molecular complexity index is 2770. The number of ether oxygens (including phenoxy) is 6. The summed E-state index contributed by atoms with van der Waals surface area (Å²) < 4.78 is 32.5. The summed E-state index contributed by atoms with van der Waals surface area (Å²) in [6.07, 6.45) is 17.0. The molecule has 20 heteroatoms. The van der Waals surface area contributed by atoms with Crippen molar-refractivity contribution in [2.24, 2.45) is 83.7 Å². The standard InChI is InChI=1S/3C14H28O2.2C13H26O2.C11H23NO.C7H15NO.C7H14O2.C6H13NO.C6H12OS.20CH4/c3*1-9-13(5,6)11(15)16-14(7,8)10-12(2,3)4;2*1-8-10(2)11(14)15-13(6,7)9-12(3,4)5;1-6-8-9-12(5)10(13)11(3,4)7-2;1-5-6(2)7(9)8(3)4;1-5-7(2,3)6(8)9-4;1-4-5(2)6(8)7-3;1-4-5(2)6(7)8-3;;;;;;;;;;;;;;;;;;;;/h3*9-10H2,1-8H3;2*10H,8-9H2,1-7H3;6-9H2,1-5H3;6H,5H2,1-4H3;5H2,1-4H3;5H,4H2,1-3H3,(H,7,8);5H,4H2,1-3H3;20*1H4. The number of carbonyl (C=O) groups is 10. The Balaban J connectivity index is -0.0000000359. The van der Waals surface area contributed by atoms with Gasteiger partial charge in [-0.15, -0.1) is 0 Å². The van der Waals surface area contributed by atoms with Crippen LogP contribution in [0.25, 0.3) is 0 Å². The van der Waals surface area contributed by atoms with Gasteiger partial charge in [0.25, 0.3) is 0 Å². The van der Waals surface area contributed by atoms with E-state index in [9.17, 15) is 47.9 Å². The SMILES string of the molecule is C.C.C.C.C.C.C.C.C.C.C.C.C.C.C.C.C.C.C.C.CCC(C)(C)C(=O)OC.CCC(C)(C)C(=O)OC(C)(C)CC(C)(C)C.CCC(C)(C)C(=O)OC(C)(C)CC(C)(C)C.CCC(C)(C)C(=O)OC(C)(C)CC(C)(C)C.CCC(C)C(=O)N(C)C.CCC(C)C(=O)NC.CCC(C)C(=O)OC(C)(C)CC(C)(C)C.CCC(C)C(=O)OC(C)(C)CC(C)(C)C.CCC(C)C(=O)SC.CCCCN(C)C(=O)C(C)(C)CC. The lowest BCUT2D eigenvalue weighted by Crippen LogP contribution is -2.38. The summed E-state index contributed by atoms with van der Waals surface area (Å²) in [5, 5.41) is 2.88. The predicted octanol–water partition coefficient (Wildman–Crippen LogP) is 40.9. The van der Waals surface area contributed by atoms with E-state index in [1.807, 2.05) is 254 Å². The van der Waals surface area contributed by atoms with Gasteiger partial charge in [-0.2, -0.15) is 0 Å². The van der Waals surface area contributed by atoms with Gasteiger partial charge in [0.15, 0.2) is 5.12 Å². The third kappa shape index (κ3) is 128. The van der Waals surface area contributed by atoms with Crippen molar-refractivity contribution in [3.05, 3.63) is 0 Å². The first-order chi connectivity index (χ1) is 55.4. The number of hydrogen-bond acceptors (Lipinski definition) is 17. The summed E-state index contributed by atoms with van der Waals surface area (Å²) in [6, 6.07) is 0. The third-order valence-electron chi connectivity index (χ3n) is 21.3. The van der Waals surface area contributed by atoms with Crippen LogP contribution >= 0.6 is 11.8 Å². The summed E-state index contributed by atoms with van der Waals surface area (Å²) in [5.74, 6) is 0.646. The number of methoxy groups -OCH3 is 1. The van der Waals surface area contributed by atoms with Gasteiger partial charge in [0, 0.05) is 57.9 Å². The van der Waals surface area contributed by atoms with E-state index in [-0.39, 0.29) is 314 Å². The molecule has 0 aliphatic rings. The molecule has 0 fully saturated rings. The molecule has 0 aromatic carbocycles. The Labute approximate surface area is 927 Å². The number of hydrogen-bond donors (Lipinski definition) is 1. The van der Waals surface area contributed by atoms with E-state index >= 15 is 0 Å². The van der Waals surface area contributed by atoms with Gasteiger partial charge in [0.05, 0.1) is 40.6 Å². The molecule has 19 nitrogen and oxygen atoms in total. The van der Waals surface area contributed by atoms with Gasteiger partial charge >= 0.3 is 35.8 Å². The first kappa shape index (κ1) is 224. The molecule has 0 saturated carbocycles. The highest BCUT2D eigenvalue weighted by molar-refractivity contribution is 8.13. The van der Waals surface area contributed by atoms with Crippen LogP contribution in [0.4, 0.5) is 0 Å². The van der Waals surface area contributed by atoms with Gasteiger partial charge in [-0.1, -0.05) is 395 Å². The largest absolute Gasteiger partial charge is 0.469 e. The fourth-order valence-electron chi connectivity index (χ4n) is 12.2. The molecule has 910 valence electrons. The van der Waals surface area contributed by atoms with Crippen molar-refractivity contribution in [3.63, 3.8) is 0 Å². The summed E-state index contributed by atoms with van der Waals surface area (Å²) in [4.78, 5) is 118. The van der Waals surface area contributed by atoms with E-state index in [4.69, 9.17) is 23.7 Å². The molecule has 0 aliphatic heterocycles. The van der Waals surface area contributed by atoms with Crippen molar-refractivity contribution in [2.45, 2.75) is 639 Å². The summed E-state index contributed by atoms with van der Waals surface area (Å²) in [6.45, 7) is 104. The Morgan fingerprint density at radius 2 is 0.476 bits per heavy atom. The Morgan fingerprint density at radius 3 is 0.600 bits per heavy atom. The van der Waals surface area contributed by atoms with Gasteiger partial charge in [0.1, 0.15) is 28.0 Å². The minimum atomic E-state index is -0.387. The lowest BCUT2D eigenvalue weighted by Gasteiger charge is -2.35. The van der Waals surface area contributed by atoms with Crippen molar-refractivity contribution in [3.8, 4) is 0 Å². The third-order valence-corrected chi connectivity index (χ3v) is 22.1. The first-order valence-electron chi connectivity index (χ1n) is 47.4. The van der Waals surface area contributed by atoms with Gasteiger partial charge < -0.3 is 43.5 Å². The maximum Gasteiger partial charge on any atom is 0.312 e. The van der Waals surface area contributed by atoms with Crippen molar-refractivity contribution in [1.82, 2.24) is 15.1 Å². The molecular formula is C125H293N3O16S. The van der Waals surface area contributed by atoms with Crippen molar-refractivity contribution >= 4 is 70.4 Å². The molecule has 5 atom stereocenters. The maximum atomic E-state index is 12.0. The molecule has 145 heavy (non-hydrogen) atoms. The van der Waals surface area contributed by atoms with Crippen LogP contribution < -0.4 is 5.32 Å². The smallest absolute Gasteiger partial charge is 0.312 e. The van der Waals surface area contributed by atoms with Crippen LogP contribution in [0, 0.1) is 83.7 Å². The quantitative estimate of drug-likeness (QED) is 0.0474. The molecule has 0 spiro atoms. The molecule has 0 heterocycles. The molecule has 0 aromatic heterocycles. The highest BCUT2D eigenvalue weighted by Crippen LogP contribution is 2.38. The van der Waals surface area contributed by atoms with E-state index in [0.717, 1.165) is 116 Å². The molecule has 3 amide bonds. The van der Waals surface area contributed by atoms with Crippen LogP contribution in [-0.4, -0.2) is 145 Å². The summed E-state index contributed by atoms with van der Waals surface area (Å²) >= 11 is 1.32. The molecule has 0 radical (unpaired) electrons. The number of amides is 3. The fourth-order valence-corrected chi connectivity index (χ4v) is 12.8. The lowest BCUT2D eigenvalue weighted by molar-refractivity contribution is -0.170. The van der Waals surface area contributed by atoms with Crippen LogP contribution in [0.15, 0.2) is 0 Å². The highest BCUT2D eigenvalue weighted by Gasteiger charge is 2.40. The average Bonchev–Trinajstić information content (AvgIpc) is 0.845. The van der Waals surface area contributed by atoms with E-state index in [1.165, 1.54) is 18.9 Å². The van der Waals surface area contributed by atoms with Gasteiger partial charge in [-0.05, 0) is 261 Å². The number of rotatable bonds is 33. The lowest BCUT2D eigenvalue weighted by atomic mass is 9.83. The first-order valence-corrected chi connectivity index (χ1v) is 48.6. The number of unbranched alkanes of at least 4 members (excludes halogenated alkanes) is 1. The Morgan fingerprint density at radius 1 is 0.283 bits per heavy atom. The zero-order valence-electron chi connectivity index (χ0n) is 93.4. The predicted molar refractivity (Wildman–Crippen MR) is 669 cm³/mol. The minimum absolute atomic E-state index is 0. The molecule has 0 rings (SSSR count). The minimum Gasteiger partial charge on any atom is -0.469 e. The number of nitrogens with zero attached hydrogens (tertiary/aromatic N) is 2. The number of nitrogens with one attached hydrogen (secondary N) is 1. The fraction of sp³-hybridized carbons (Fsp3) is 0.920. The molecule has 0 bridgehead atoms. The average molecular weight is 2130 g/mol. The topological polar surface area (TPSA) is 245 Å². The molecule has 0 saturated heterocycles. The molecular weight excluding hydrogens is 1830 g/mol. The second kappa shape index (κ2) is 101. The van der Waals surface area contributed by atoms with Crippen LogP contribution in [0.1, 0.15) is 611 Å². The van der Waals surface area contributed by atoms with Crippen molar-refractivity contribution in [2.75, 3.05) is 48.1 Å². The Hall–Kier alpha value is -4.75. The second-order valence-corrected chi connectivity index (χ2v) is 48.0. The maximum absolute atomic E-state index is 12.0. The van der Waals surface area contributed by atoms with Gasteiger partial charge in [0.2, 0.25) is 17.7 Å². The monoisotopic (exact) mass is 2130 g/mol. The zero-order valence-corrected chi connectivity index (χ0v) is 94.3.